The molecule has 0 aromatic heterocycles. The van der Waals surface area contributed by atoms with Crippen molar-refractivity contribution in [2.45, 2.75) is 12.5 Å². The van der Waals surface area contributed by atoms with Gasteiger partial charge in [0.05, 0.1) is 19.3 Å². The van der Waals surface area contributed by atoms with Crippen LogP contribution in [0.4, 0.5) is 13.2 Å². The highest BCUT2D eigenvalue weighted by atomic mass is 19.2. The maximum Gasteiger partial charge on any atom is 0.191 e. The fourth-order valence-corrected chi connectivity index (χ4v) is 3.50. The van der Waals surface area contributed by atoms with Crippen molar-refractivity contribution in [2.75, 3.05) is 46.4 Å². The molecule has 5 nitrogen and oxygen atoms in total. The summed E-state index contributed by atoms with van der Waals surface area (Å²) in [6.45, 7) is 3.84. The highest BCUT2D eigenvalue weighted by molar-refractivity contribution is 5.79. The minimum Gasteiger partial charge on any atom is -0.379 e. The lowest BCUT2D eigenvalue weighted by atomic mass is 10.0. The number of hydrogen-bond donors (Lipinski definition) is 2. The number of nitrogens with zero attached hydrogens (tertiary/aromatic N) is 2. The molecule has 2 aromatic rings. The minimum absolute atomic E-state index is 0.0220. The molecule has 162 valence electrons. The Morgan fingerprint density at radius 2 is 1.80 bits per heavy atom. The van der Waals surface area contributed by atoms with Crippen LogP contribution >= 0.6 is 0 Å². The molecular weight excluding hydrogens is 393 g/mol. The molecule has 1 heterocycles. The zero-order chi connectivity index (χ0) is 21.3. The van der Waals surface area contributed by atoms with Gasteiger partial charge in [-0.15, -0.1) is 0 Å². The molecule has 3 rings (SSSR count). The Labute approximate surface area is 174 Å². The van der Waals surface area contributed by atoms with Gasteiger partial charge in [-0.05, 0) is 35.7 Å². The third-order valence-electron chi connectivity index (χ3n) is 5.15. The highest BCUT2D eigenvalue weighted by Crippen LogP contribution is 2.21. The molecule has 0 bridgehead atoms. The van der Waals surface area contributed by atoms with Crippen molar-refractivity contribution < 1.29 is 17.9 Å². The van der Waals surface area contributed by atoms with E-state index in [1.54, 1.807) is 25.2 Å². The third kappa shape index (κ3) is 5.96. The summed E-state index contributed by atoms with van der Waals surface area (Å²) in [6, 6.07) is 10.7. The minimum atomic E-state index is -0.845. The van der Waals surface area contributed by atoms with E-state index in [0.717, 1.165) is 24.7 Å². The number of rotatable bonds is 7. The number of guanidine groups is 1. The Kier molecular flexibility index (Phi) is 8.10. The normalized spacial score (nSPS) is 16.3. The van der Waals surface area contributed by atoms with Crippen LogP contribution in [0.1, 0.15) is 17.2 Å². The lowest BCUT2D eigenvalue weighted by Gasteiger charge is -2.35. The molecule has 8 heteroatoms. The van der Waals surface area contributed by atoms with Crippen LogP contribution in [0.2, 0.25) is 0 Å². The summed E-state index contributed by atoms with van der Waals surface area (Å²) in [5, 5.41) is 6.42. The second kappa shape index (κ2) is 11.0. The number of morpholine rings is 1. The van der Waals surface area contributed by atoms with Gasteiger partial charge in [-0.25, -0.2) is 13.2 Å². The van der Waals surface area contributed by atoms with Gasteiger partial charge < -0.3 is 15.4 Å². The molecule has 1 unspecified atom stereocenters. The van der Waals surface area contributed by atoms with Crippen LogP contribution in [0.25, 0.3) is 0 Å². The number of hydrogen-bond acceptors (Lipinski definition) is 3. The van der Waals surface area contributed by atoms with Crippen molar-refractivity contribution in [1.29, 1.82) is 0 Å². The Balaban J connectivity index is 1.58. The molecule has 30 heavy (non-hydrogen) atoms. The number of nitrogens with one attached hydrogen (secondary N) is 2. The van der Waals surface area contributed by atoms with Crippen LogP contribution in [0.5, 0.6) is 0 Å². The van der Waals surface area contributed by atoms with E-state index in [9.17, 15) is 13.2 Å². The van der Waals surface area contributed by atoms with Crippen molar-refractivity contribution in [3.63, 3.8) is 0 Å². The Hall–Kier alpha value is -2.58. The van der Waals surface area contributed by atoms with Crippen molar-refractivity contribution >= 4 is 5.96 Å². The first-order valence-corrected chi connectivity index (χ1v) is 10.0. The van der Waals surface area contributed by atoms with Gasteiger partial charge in [0.1, 0.15) is 5.82 Å². The first kappa shape index (κ1) is 22.1. The van der Waals surface area contributed by atoms with Crippen LogP contribution in [0.15, 0.2) is 47.5 Å². The number of halogens is 3. The molecule has 1 fully saturated rings. The molecule has 1 aliphatic rings. The van der Waals surface area contributed by atoms with Gasteiger partial charge >= 0.3 is 0 Å². The Bertz CT molecular complexity index is 839. The van der Waals surface area contributed by atoms with Gasteiger partial charge in [0.25, 0.3) is 0 Å². The van der Waals surface area contributed by atoms with Gasteiger partial charge in [-0.2, -0.15) is 0 Å². The van der Waals surface area contributed by atoms with E-state index >= 15 is 0 Å². The summed E-state index contributed by atoms with van der Waals surface area (Å²) < 4.78 is 45.9. The van der Waals surface area contributed by atoms with Crippen LogP contribution in [0, 0.1) is 17.5 Å². The molecule has 0 spiro atoms. The fourth-order valence-electron chi connectivity index (χ4n) is 3.50. The molecule has 0 amide bonds. The van der Waals surface area contributed by atoms with Crippen molar-refractivity contribution in [3.05, 3.63) is 71.0 Å². The van der Waals surface area contributed by atoms with E-state index in [1.807, 2.05) is 0 Å². The van der Waals surface area contributed by atoms with Gasteiger partial charge in [0.15, 0.2) is 17.6 Å². The maximum absolute atomic E-state index is 13.8. The first-order chi connectivity index (χ1) is 14.6. The van der Waals surface area contributed by atoms with Crippen molar-refractivity contribution in [3.8, 4) is 0 Å². The largest absolute Gasteiger partial charge is 0.379 e. The summed E-state index contributed by atoms with van der Waals surface area (Å²) in [4.78, 5) is 6.50. The second-order valence-corrected chi connectivity index (χ2v) is 7.06. The lowest BCUT2D eigenvalue weighted by Crippen LogP contribution is -2.46. The molecule has 1 saturated heterocycles. The topological polar surface area (TPSA) is 48.9 Å². The summed E-state index contributed by atoms with van der Waals surface area (Å²) in [5.41, 5.74) is 1.32. The van der Waals surface area contributed by atoms with Crippen LogP contribution < -0.4 is 10.6 Å². The van der Waals surface area contributed by atoms with Gasteiger partial charge in [0, 0.05) is 33.2 Å². The Morgan fingerprint density at radius 1 is 1.07 bits per heavy atom. The SMILES string of the molecule is CN=C(NCCc1cccc(F)c1F)NCC(c1ccc(F)cc1)N1CCOCC1. The predicted octanol–water partition coefficient (Wildman–Crippen LogP) is 2.88. The molecule has 1 atom stereocenters. The summed E-state index contributed by atoms with van der Waals surface area (Å²) >= 11 is 0. The lowest BCUT2D eigenvalue weighted by molar-refractivity contribution is 0.0170. The van der Waals surface area contributed by atoms with Crippen LogP contribution in [-0.4, -0.2) is 57.3 Å². The van der Waals surface area contributed by atoms with E-state index in [2.05, 4.69) is 20.5 Å². The standard InChI is InChI=1S/C22H27F3N4O/c1-26-22(27-10-9-17-3-2-4-19(24)21(17)25)28-15-20(29-11-13-30-14-12-29)16-5-7-18(23)8-6-16/h2-8,20H,9-15H2,1H3,(H2,26,27,28). The highest BCUT2D eigenvalue weighted by Gasteiger charge is 2.23. The Morgan fingerprint density at radius 3 is 2.50 bits per heavy atom. The monoisotopic (exact) mass is 420 g/mol. The van der Waals surface area contributed by atoms with Crippen molar-refractivity contribution in [2.24, 2.45) is 4.99 Å². The van der Waals surface area contributed by atoms with E-state index in [0.29, 0.717) is 44.2 Å². The summed E-state index contributed by atoms with van der Waals surface area (Å²) in [7, 11) is 1.65. The van der Waals surface area contributed by atoms with E-state index < -0.39 is 11.6 Å². The van der Waals surface area contributed by atoms with E-state index in [-0.39, 0.29) is 11.9 Å². The average Bonchev–Trinajstić information content (AvgIpc) is 2.77. The van der Waals surface area contributed by atoms with Gasteiger partial charge in [-0.1, -0.05) is 24.3 Å². The third-order valence-corrected chi connectivity index (χ3v) is 5.15. The molecular formula is C22H27F3N4O. The number of aliphatic imine (C=N–C) groups is 1. The second-order valence-electron chi connectivity index (χ2n) is 7.06. The van der Waals surface area contributed by atoms with Gasteiger partial charge in [-0.3, -0.25) is 9.89 Å². The molecule has 2 N–H and O–H groups in total. The summed E-state index contributed by atoms with van der Waals surface area (Å²) in [6.07, 6.45) is 0.329. The number of benzene rings is 2. The number of ether oxygens (including phenoxy) is 1. The van der Waals surface area contributed by atoms with Crippen LogP contribution in [-0.2, 0) is 11.2 Å². The molecule has 2 aromatic carbocycles. The van der Waals surface area contributed by atoms with Crippen molar-refractivity contribution in [1.82, 2.24) is 15.5 Å². The smallest absolute Gasteiger partial charge is 0.191 e. The van der Waals surface area contributed by atoms with E-state index in [1.165, 1.54) is 18.2 Å². The van der Waals surface area contributed by atoms with Gasteiger partial charge in [0.2, 0.25) is 0 Å². The predicted molar refractivity (Wildman–Crippen MR) is 111 cm³/mol. The van der Waals surface area contributed by atoms with E-state index in [4.69, 9.17) is 4.74 Å². The molecule has 0 saturated carbocycles. The molecule has 0 aliphatic carbocycles. The quantitative estimate of drug-likeness (QED) is 0.534. The van der Waals surface area contributed by atoms with Crippen LogP contribution in [0.3, 0.4) is 0 Å². The molecule has 1 aliphatic heterocycles. The molecule has 0 radical (unpaired) electrons. The zero-order valence-corrected chi connectivity index (χ0v) is 17.0. The average molecular weight is 420 g/mol. The first-order valence-electron chi connectivity index (χ1n) is 10.0. The maximum atomic E-state index is 13.8. The zero-order valence-electron chi connectivity index (χ0n) is 17.0. The summed E-state index contributed by atoms with van der Waals surface area (Å²) in [5.74, 6) is -1.37. The fraction of sp³-hybridized carbons (Fsp3) is 0.409.